The van der Waals surface area contributed by atoms with E-state index in [1.807, 2.05) is 6.92 Å². The molecule has 2 heterocycles. The summed E-state index contributed by atoms with van der Waals surface area (Å²) < 4.78 is 16.5. The molecule has 0 atom stereocenters. The lowest BCUT2D eigenvalue weighted by molar-refractivity contribution is 0.102. The average Bonchev–Trinajstić information content (AvgIpc) is 2.80. The smallest absolute Gasteiger partial charge is 0.261 e. The molecule has 0 saturated carbocycles. The van der Waals surface area contributed by atoms with Gasteiger partial charge in [0.25, 0.3) is 11.8 Å². The first-order valence-electron chi connectivity index (χ1n) is 9.85. The molecule has 1 aliphatic rings. The van der Waals surface area contributed by atoms with Gasteiger partial charge in [0.1, 0.15) is 18.8 Å². The Hall–Kier alpha value is -4.07. The van der Waals surface area contributed by atoms with Crippen molar-refractivity contribution in [3.63, 3.8) is 0 Å². The van der Waals surface area contributed by atoms with Crippen LogP contribution in [0, 0.1) is 0 Å². The number of anilines is 2. The Bertz CT molecular complexity index is 1120. The fourth-order valence-corrected chi connectivity index (χ4v) is 3.11. The molecule has 0 unspecified atom stereocenters. The van der Waals surface area contributed by atoms with Crippen molar-refractivity contribution in [3.8, 4) is 17.4 Å². The van der Waals surface area contributed by atoms with Gasteiger partial charge in [-0.2, -0.15) is 0 Å². The zero-order valence-corrected chi connectivity index (χ0v) is 16.9. The van der Waals surface area contributed by atoms with Crippen molar-refractivity contribution in [2.75, 3.05) is 30.5 Å². The standard InChI is InChI=1S/C23H21N3O5/c1-2-29-23-17(7-5-11-24-23)22(28)26-18-8-4-3-6-16(18)21(27)25-15-9-10-19-20(14-15)31-13-12-30-19/h3-11,14H,2,12-13H2,1H3,(H,25,27)(H,26,28). The molecule has 2 aromatic carbocycles. The lowest BCUT2D eigenvalue weighted by Crippen LogP contribution is -2.19. The van der Waals surface area contributed by atoms with E-state index in [1.54, 1.807) is 60.8 Å². The molecule has 0 radical (unpaired) electrons. The van der Waals surface area contributed by atoms with Gasteiger partial charge in [0.05, 0.1) is 17.9 Å². The van der Waals surface area contributed by atoms with Gasteiger partial charge in [0.2, 0.25) is 5.88 Å². The Labute approximate surface area is 179 Å². The number of benzene rings is 2. The van der Waals surface area contributed by atoms with Crippen LogP contribution in [-0.4, -0.2) is 36.6 Å². The molecular formula is C23H21N3O5. The van der Waals surface area contributed by atoms with Gasteiger partial charge in [-0.25, -0.2) is 4.98 Å². The molecule has 2 N–H and O–H groups in total. The number of nitrogens with one attached hydrogen (secondary N) is 2. The summed E-state index contributed by atoms with van der Waals surface area (Å²) in [5.74, 6) is 0.657. The largest absolute Gasteiger partial charge is 0.486 e. The third-order valence-electron chi connectivity index (χ3n) is 4.52. The summed E-state index contributed by atoms with van der Waals surface area (Å²) in [6.07, 6.45) is 1.55. The maximum absolute atomic E-state index is 12.9. The predicted molar refractivity (Wildman–Crippen MR) is 115 cm³/mol. The van der Waals surface area contributed by atoms with Gasteiger partial charge in [-0.15, -0.1) is 0 Å². The Morgan fingerprint density at radius 3 is 2.52 bits per heavy atom. The molecule has 8 nitrogen and oxygen atoms in total. The van der Waals surface area contributed by atoms with E-state index < -0.39 is 5.91 Å². The van der Waals surface area contributed by atoms with Crippen molar-refractivity contribution < 1.29 is 23.8 Å². The first-order chi connectivity index (χ1) is 15.2. The molecule has 0 saturated heterocycles. The van der Waals surface area contributed by atoms with E-state index >= 15 is 0 Å². The van der Waals surface area contributed by atoms with Gasteiger partial charge in [0.15, 0.2) is 11.5 Å². The molecule has 3 aromatic rings. The lowest BCUT2D eigenvalue weighted by Gasteiger charge is -2.19. The highest BCUT2D eigenvalue weighted by Gasteiger charge is 2.18. The van der Waals surface area contributed by atoms with Crippen LogP contribution < -0.4 is 24.8 Å². The number of fused-ring (bicyclic) bond motifs is 1. The number of carbonyl (C=O) groups is 2. The third kappa shape index (κ3) is 4.58. The van der Waals surface area contributed by atoms with Gasteiger partial charge in [-0.1, -0.05) is 12.1 Å². The number of pyridine rings is 1. The topological polar surface area (TPSA) is 98.8 Å². The van der Waals surface area contributed by atoms with Crippen molar-refractivity contribution in [2.24, 2.45) is 0 Å². The summed E-state index contributed by atoms with van der Waals surface area (Å²) in [7, 11) is 0. The van der Waals surface area contributed by atoms with Crippen molar-refractivity contribution >= 4 is 23.2 Å². The Morgan fingerprint density at radius 2 is 1.68 bits per heavy atom. The molecule has 0 fully saturated rings. The van der Waals surface area contributed by atoms with Gasteiger partial charge in [0, 0.05) is 18.0 Å². The fourth-order valence-electron chi connectivity index (χ4n) is 3.11. The summed E-state index contributed by atoms with van der Waals surface area (Å²) in [4.78, 5) is 29.8. The van der Waals surface area contributed by atoms with E-state index in [2.05, 4.69) is 15.6 Å². The van der Waals surface area contributed by atoms with Crippen LogP contribution in [0.15, 0.2) is 60.8 Å². The summed E-state index contributed by atoms with van der Waals surface area (Å²) in [5.41, 5.74) is 1.52. The van der Waals surface area contributed by atoms with Crippen LogP contribution in [0.2, 0.25) is 0 Å². The number of hydrogen-bond donors (Lipinski definition) is 2. The summed E-state index contributed by atoms with van der Waals surface area (Å²) in [6.45, 7) is 3.14. The Kier molecular flexibility index (Phi) is 5.98. The van der Waals surface area contributed by atoms with E-state index in [4.69, 9.17) is 14.2 Å². The molecule has 31 heavy (non-hydrogen) atoms. The van der Waals surface area contributed by atoms with Crippen LogP contribution in [0.5, 0.6) is 17.4 Å². The van der Waals surface area contributed by atoms with Crippen LogP contribution >= 0.6 is 0 Å². The van der Waals surface area contributed by atoms with E-state index in [0.29, 0.717) is 48.3 Å². The molecule has 0 spiro atoms. The number of ether oxygens (including phenoxy) is 3. The van der Waals surface area contributed by atoms with Crippen molar-refractivity contribution in [3.05, 3.63) is 71.9 Å². The van der Waals surface area contributed by atoms with E-state index in [-0.39, 0.29) is 17.4 Å². The Balaban J connectivity index is 1.53. The summed E-state index contributed by atoms with van der Waals surface area (Å²) >= 11 is 0. The highest BCUT2D eigenvalue weighted by atomic mass is 16.6. The molecule has 0 bridgehead atoms. The second kappa shape index (κ2) is 9.17. The van der Waals surface area contributed by atoms with E-state index in [9.17, 15) is 9.59 Å². The maximum atomic E-state index is 12.9. The van der Waals surface area contributed by atoms with Crippen molar-refractivity contribution in [1.29, 1.82) is 0 Å². The van der Waals surface area contributed by atoms with E-state index in [1.165, 1.54) is 0 Å². The molecule has 8 heteroatoms. The molecule has 2 amide bonds. The van der Waals surface area contributed by atoms with Crippen LogP contribution in [0.4, 0.5) is 11.4 Å². The number of amides is 2. The minimum Gasteiger partial charge on any atom is -0.486 e. The number of carbonyl (C=O) groups excluding carboxylic acids is 2. The van der Waals surface area contributed by atoms with Gasteiger partial charge >= 0.3 is 0 Å². The van der Waals surface area contributed by atoms with Crippen LogP contribution in [0.25, 0.3) is 0 Å². The number of hydrogen-bond acceptors (Lipinski definition) is 6. The highest BCUT2D eigenvalue weighted by molar-refractivity contribution is 6.13. The number of aromatic nitrogens is 1. The first-order valence-corrected chi connectivity index (χ1v) is 9.85. The summed E-state index contributed by atoms with van der Waals surface area (Å²) in [5, 5.41) is 5.61. The number of rotatable bonds is 6. The lowest BCUT2D eigenvalue weighted by atomic mass is 10.1. The predicted octanol–water partition coefficient (Wildman–Crippen LogP) is 3.76. The second-order valence-corrected chi connectivity index (χ2v) is 6.60. The SMILES string of the molecule is CCOc1ncccc1C(=O)Nc1ccccc1C(=O)Nc1ccc2c(c1)OCCO2. The Morgan fingerprint density at radius 1 is 0.935 bits per heavy atom. The molecule has 4 rings (SSSR count). The third-order valence-corrected chi connectivity index (χ3v) is 4.52. The van der Waals surface area contributed by atoms with Gasteiger partial charge < -0.3 is 24.8 Å². The zero-order chi connectivity index (χ0) is 21.6. The average molecular weight is 419 g/mol. The summed E-state index contributed by atoms with van der Waals surface area (Å²) in [6, 6.07) is 15.2. The molecular weight excluding hydrogens is 398 g/mol. The molecule has 1 aromatic heterocycles. The monoisotopic (exact) mass is 419 g/mol. The minimum absolute atomic E-state index is 0.237. The number of para-hydroxylation sites is 1. The second-order valence-electron chi connectivity index (χ2n) is 6.60. The zero-order valence-electron chi connectivity index (χ0n) is 16.9. The molecule has 158 valence electrons. The maximum Gasteiger partial charge on any atom is 0.261 e. The van der Waals surface area contributed by atoms with Crippen LogP contribution in [0.3, 0.4) is 0 Å². The van der Waals surface area contributed by atoms with Crippen molar-refractivity contribution in [2.45, 2.75) is 6.92 Å². The highest BCUT2D eigenvalue weighted by Crippen LogP contribution is 2.33. The quantitative estimate of drug-likeness (QED) is 0.631. The molecule has 1 aliphatic heterocycles. The van der Waals surface area contributed by atoms with Gasteiger partial charge in [-0.05, 0) is 43.3 Å². The van der Waals surface area contributed by atoms with Crippen molar-refractivity contribution in [1.82, 2.24) is 4.98 Å². The normalized spacial score (nSPS) is 12.0. The fraction of sp³-hybridized carbons (Fsp3) is 0.174. The van der Waals surface area contributed by atoms with Crippen LogP contribution in [-0.2, 0) is 0 Å². The first kappa shape index (κ1) is 20.2. The number of nitrogens with zero attached hydrogens (tertiary/aromatic N) is 1. The minimum atomic E-state index is -0.420. The molecule has 0 aliphatic carbocycles. The van der Waals surface area contributed by atoms with E-state index in [0.717, 1.165) is 0 Å². The van der Waals surface area contributed by atoms with Crippen LogP contribution in [0.1, 0.15) is 27.6 Å². The van der Waals surface area contributed by atoms with Gasteiger partial charge in [-0.3, -0.25) is 9.59 Å².